The highest BCUT2D eigenvalue weighted by Crippen LogP contribution is 2.29. The smallest absolute Gasteiger partial charge is 0.308 e. The van der Waals surface area contributed by atoms with Crippen LogP contribution in [0.25, 0.3) is 0 Å². The summed E-state index contributed by atoms with van der Waals surface area (Å²) in [6.45, 7) is 4.68. The monoisotopic (exact) mass is 275 g/mol. The number of hydrogen-bond donors (Lipinski definition) is 1. The molecule has 3 heteroatoms. The van der Waals surface area contributed by atoms with Crippen LogP contribution in [0.15, 0.2) is 30.3 Å². The first-order chi connectivity index (χ1) is 9.70. The Hall–Kier alpha value is -1.35. The van der Waals surface area contributed by atoms with E-state index in [1.54, 1.807) is 0 Å². The molecule has 0 aliphatic carbocycles. The summed E-state index contributed by atoms with van der Waals surface area (Å²) in [5, 5.41) is 9.40. The maximum Gasteiger partial charge on any atom is 0.308 e. The van der Waals surface area contributed by atoms with Crippen molar-refractivity contribution in [2.45, 2.75) is 39.2 Å². The Kier molecular flexibility index (Phi) is 5.60. The van der Waals surface area contributed by atoms with Gasteiger partial charge in [0.25, 0.3) is 0 Å². The summed E-state index contributed by atoms with van der Waals surface area (Å²) >= 11 is 0. The Morgan fingerprint density at radius 2 is 2.00 bits per heavy atom. The quantitative estimate of drug-likeness (QED) is 0.775. The third-order valence-corrected chi connectivity index (χ3v) is 4.26. The number of carbonyl (C=O) groups is 1. The molecule has 1 fully saturated rings. The number of unbranched alkanes of at least 4 members (excludes halogenated alkanes) is 2. The van der Waals surface area contributed by atoms with Crippen LogP contribution in [0.5, 0.6) is 0 Å². The first kappa shape index (κ1) is 15.0. The third kappa shape index (κ3) is 4.07. The van der Waals surface area contributed by atoms with E-state index >= 15 is 0 Å². The molecule has 1 saturated heterocycles. The molecule has 1 aromatic rings. The molecule has 2 atom stereocenters. The number of carboxylic acid groups (broad SMARTS) is 1. The van der Waals surface area contributed by atoms with E-state index in [4.69, 9.17) is 0 Å². The van der Waals surface area contributed by atoms with E-state index in [1.165, 1.54) is 18.4 Å². The number of carboxylic acids is 1. The number of hydrogen-bond acceptors (Lipinski definition) is 2. The molecule has 0 radical (unpaired) electrons. The van der Waals surface area contributed by atoms with Crippen LogP contribution in [0, 0.1) is 11.8 Å². The lowest BCUT2D eigenvalue weighted by Gasteiger charge is -2.15. The second-order valence-electron chi connectivity index (χ2n) is 5.88. The highest BCUT2D eigenvalue weighted by atomic mass is 16.4. The molecule has 0 amide bonds. The summed E-state index contributed by atoms with van der Waals surface area (Å²) < 4.78 is 0. The SMILES string of the molecule is CCCCC[C@H]1CN(Cc2ccccc2)C[C@@H]1C(=O)O. The summed E-state index contributed by atoms with van der Waals surface area (Å²) in [4.78, 5) is 13.7. The first-order valence-electron chi connectivity index (χ1n) is 7.69. The van der Waals surface area contributed by atoms with Crippen LogP contribution >= 0.6 is 0 Å². The average molecular weight is 275 g/mol. The van der Waals surface area contributed by atoms with Gasteiger partial charge >= 0.3 is 5.97 Å². The van der Waals surface area contributed by atoms with Crippen LogP contribution in [0.4, 0.5) is 0 Å². The topological polar surface area (TPSA) is 40.5 Å². The molecule has 1 aliphatic rings. The third-order valence-electron chi connectivity index (χ3n) is 4.26. The summed E-state index contributed by atoms with van der Waals surface area (Å²) in [5.74, 6) is -0.486. The van der Waals surface area contributed by atoms with Crippen molar-refractivity contribution in [3.63, 3.8) is 0 Å². The fourth-order valence-electron chi connectivity index (χ4n) is 3.16. The number of likely N-dealkylation sites (tertiary alicyclic amines) is 1. The molecule has 1 heterocycles. The molecule has 0 spiro atoms. The first-order valence-corrected chi connectivity index (χ1v) is 7.69. The number of nitrogens with zero attached hydrogens (tertiary/aromatic N) is 1. The zero-order chi connectivity index (χ0) is 14.4. The van der Waals surface area contributed by atoms with E-state index in [0.717, 1.165) is 25.9 Å². The van der Waals surface area contributed by atoms with E-state index in [0.29, 0.717) is 12.5 Å². The van der Waals surface area contributed by atoms with E-state index in [2.05, 4.69) is 24.0 Å². The maximum absolute atomic E-state index is 11.4. The predicted octanol–water partition coefficient (Wildman–Crippen LogP) is 3.40. The Bertz CT molecular complexity index is 418. The summed E-state index contributed by atoms with van der Waals surface area (Å²) in [6, 6.07) is 10.3. The van der Waals surface area contributed by atoms with Crippen molar-refractivity contribution in [2.24, 2.45) is 11.8 Å². The highest BCUT2D eigenvalue weighted by Gasteiger charge is 2.36. The molecular formula is C17H25NO2. The van der Waals surface area contributed by atoms with Crippen LogP contribution in [-0.2, 0) is 11.3 Å². The lowest BCUT2D eigenvalue weighted by Crippen LogP contribution is -2.23. The highest BCUT2D eigenvalue weighted by molar-refractivity contribution is 5.71. The van der Waals surface area contributed by atoms with Gasteiger partial charge in [0.1, 0.15) is 0 Å². The Balaban J connectivity index is 1.91. The van der Waals surface area contributed by atoms with Gasteiger partial charge in [0, 0.05) is 19.6 Å². The Morgan fingerprint density at radius 1 is 1.25 bits per heavy atom. The van der Waals surface area contributed by atoms with Gasteiger partial charge in [-0.1, -0.05) is 56.5 Å². The van der Waals surface area contributed by atoms with E-state index in [1.807, 2.05) is 18.2 Å². The van der Waals surface area contributed by atoms with Crippen molar-refractivity contribution in [3.05, 3.63) is 35.9 Å². The van der Waals surface area contributed by atoms with E-state index < -0.39 is 5.97 Å². The second-order valence-corrected chi connectivity index (χ2v) is 5.88. The van der Waals surface area contributed by atoms with Crippen molar-refractivity contribution in [1.82, 2.24) is 4.90 Å². The Labute approximate surface area is 121 Å². The molecule has 110 valence electrons. The zero-order valence-electron chi connectivity index (χ0n) is 12.3. The van der Waals surface area contributed by atoms with Crippen LogP contribution in [0.2, 0.25) is 0 Å². The maximum atomic E-state index is 11.4. The van der Waals surface area contributed by atoms with Crippen molar-refractivity contribution in [2.75, 3.05) is 13.1 Å². The fourth-order valence-corrected chi connectivity index (χ4v) is 3.16. The molecule has 2 rings (SSSR count). The molecule has 1 aromatic carbocycles. The molecule has 0 saturated carbocycles. The van der Waals surface area contributed by atoms with Gasteiger partial charge in [0.2, 0.25) is 0 Å². The number of benzene rings is 1. The standard InChI is InChI=1S/C17H25NO2/c1-2-3-5-10-15-12-18(13-16(15)17(19)20)11-14-8-6-4-7-9-14/h4,6-9,15-16H,2-3,5,10-13H2,1H3,(H,19,20)/t15-,16-/m0/s1. The van der Waals surface area contributed by atoms with Gasteiger partial charge in [0.15, 0.2) is 0 Å². The van der Waals surface area contributed by atoms with Crippen LogP contribution in [0.1, 0.15) is 38.2 Å². The fraction of sp³-hybridized carbons (Fsp3) is 0.588. The summed E-state index contributed by atoms with van der Waals surface area (Å²) in [7, 11) is 0. The molecule has 1 N–H and O–H groups in total. The van der Waals surface area contributed by atoms with Crippen LogP contribution < -0.4 is 0 Å². The Morgan fingerprint density at radius 3 is 2.65 bits per heavy atom. The van der Waals surface area contributed by atoms with Crippen molar-refractivity contribution < 1.29 is 9.90 Å². The molecule has 20 heavy (non-hydrogen) atoms. The van der Waals surface area contributed by atoms with E-state index in [-0.39, 0.29) is 5.92 Å². The molecule has 0 unspecified atom stereocenters. The van der Waals surface area contributed by atoms with Crippen molar-refractivity contribution in [1.29, 1.82) is 0 Å². The van der Waals surface area contributed by atoms with Crippen LogP contribution in [-0.4, -0.2) is 29.1 Å². The minimum Gasteiger partial charge on any atom is -0.481 e. The van der Waals surface area contributed by atoms with Crippen LogP contribution in [0.3, 0.4) is 0 Å². The minimum atomic E-state index is -0.623. The molecule has 0 aromatic heterocycles. The lowest BCUT2D eigenvalue weighted by molar-refractivity contribution is -0.142. The lowest BCUT2D eigenvalue weighted by atomic mass is 9.91. The zero-order valence-corrected chi connectivity index (χ0v) is 12.3. The van der Waals surface area contributed by atoms with Gasteiger partial charge in [0.05, 0.1) is 5.92 Å². The molecule has 1 aliphatic heterocycles. The van der Waals surface area contributed by atoms with Crippen molar-refractivity contribution in [3.8, 4) is 0 Å². The van der Waals surface area contributed by atoms with Gasteiger partial charge in [-0.2, -0.15) is 0 Å². The average Bonchev–Trinajstić information content (AvgIpc) is 2.83. The van der Waals surface area contributed by atoms with Crippen molar-refractivity contribution >= 4 is 5.97 Å². The minimum absolute atomic E-state index is 0.185. The largest absolute Gasteiger partial charge is 0.481 e. The van der Waals surface area contributed by atoms with Gasteiger partial charge in [-0.3, -0.25) is 9.69 Å². The summed E-state index contributed by atoms with van der Waals surface area (Å²) in [5.41, 5.74) is 1.27. The predicted molar refractivity (Wildman–Crippen MR) is 80.5 cm³/mol. The van der Waals surface area contributed by atoms with E-state index in [9.17, 15) is 9.90 Å². The second kappa shape index (κ2) is 7.44. The van der Waals surface area contributed by atoms with Gasteiger partial charge < -0.3 is 5.11 Å². The normalized spacial score (nSPS) is 23.1. The molecule has 3 nitrogen and oxygen atoms in total. The number of rotatable bonds is 7. The molecular weight excluding hydrogens is 250 g/mol. The number of aliphatic carboxylic acids is 1. The van der Waals surface area contributed by atoms with Gasteiger partial charge in [-0.05, 0) is 17.9 Å². The molecule has 0 bridgehead atoms. The van der Waals surface area contributed by atoms with Gasteiger partial charge in [-0.15, -0.1) is 0 Å². The van der Waals surface area contributed by atoms with Gasteiger partial charge in [-0.25, -0.2) is 0 Å². The summed E-state index contributed by atoms with van der Waals surface area (Å²) in [6.07, 6.45) is 4.61.